The van der Waals surface area contributed by atoms with E-state index in [1.807, 2.05) is 6.07 Å². The van der Waals surface area contributed by atoms with E-state index in [1.165, 1.54) is 41.3 Å². The van der Waals surface area contributed by atoms with E-state index in [-0.39, 0.29) is 21.8 Å². The van der Waals surface area contributed by atoms with Gasteiger partial charge in [0.15, 0.2) is 0 Å². The first kappa shape index (κ1) is 23.0. The van der Waals surface area contributed by atoms with Gasteiger partial charge in [-0.05, 0) is 48.5 Å². The Hall–Kier alpha value is -3.69. The number of benzene rings is 2. The van der Waals surface area contributed by atoms with Gasteiger partial charge in [-0.3, -0.25) is 4.79 Å². The van der Waals surface area contributed by atoms with Crippen molar-refractivity contribution in [2.75, 3.05) is 18.9 Å². The van der Waals surface area contributed by atoms with Crippen molar-refractivity contribution in [3.63, 3.8) is 0 Å². The van der Waals surface area contributed by atoms with Crippen molar-refractivity contribution in [3.05, 3.63) is 72.1 Å². The van der Waals surface area contributed by atoms with E-state index in [4.69, 9.17) is 5.26 Å². The molecule has 0 radical (unpaired) electrons. The van der Waals surface area contributed by atoms with Crippen LogP contribution >= 0.6 is 0 Å². The molecule has 0 spiro atoms. The lowest BCUT2D eigenvalue weighted by molar-refractivity contribution is -0.137. The number of amides is 1. The summed E-state index contributed by atoms with van der Waals surface area (Å²) in [6.45, 7) is -0.656. The van der Waals surface area contributed by atoms with Crippen LogP contribution in [0.4, 0.5) is 18.9 Å². The van der Waals surface area contributed by atoms with Crippen LogP contribution in [0.3, 0.4) is 0 Å². The second kappa shape index (κ2) is 8.81. The molecule has 12 heteroatoms. The molecule has 0 aliphatic heterocycles. The van der Waals surface area contributed by atoms with Crippen LogP contribution in [0.25, 0.3) is 5.69 Å². The van der Waals surface area contributed by atoms with Gasteiger partial charge < -0.3 is 5.32 Å². The fourth-order valence-electron chi connectivity index (χ4n) is 2.78. The van der Waals surface area contributed by atoms with Crippen LogP contribution in [0.15, 0.2) is 65.8 Å². The molecule has 0 unspecified atom stereocenters. The van der Waals surface area contributed by atoms with Crippen molar-refractivity contribution in [2.45, 2.75) is 11.1 Å². The normalized spacial score (nSPS) is 11.9. The third-order valence-electron chi connectivity index (χ3n) is 4.41. The number of hydrogen-bond donors (Lipinski definition) is 1. The van der Waals surface area contributed by atoms with Crippen LogP contribution in [0, 0.1) is 11.3 Å². The molecule has 8 nitrogen and oxygen atoms in total. The van der Waals surface area contributed by atoms with Gasteiger partial charge in [-0.25, -0.2) is 13.1 Å². The number of aromatic nitrogens is 2. The van der Waals surface area contributed by atoms with Gasteiger partial charge in [0.05, 0.1) is 40.0 Å². The molecule has 0 atom stereocenters. The Morgan fingerprint density at radius 2 is 1.91 bits per heavy atom. The average molecular weight is 463 g/mol. The van der Waals surface area contributed by atoms with Crippen molar-refractivity contribution in [3.8, 4) is 11.8 Å². The van der Waals surface area contributed by atoms with Crippen LogP contribution in [-0.4, -0.2) is 42.0 Å². The summed E-state index contributed by atoms with van der Waals surface area (Å²) in [4.78, 5) is 12.4. The summed E-state index contributed by atoms with van der Waals surface area (Å²) in [5.41, 5.74) is -0.728. The zero-order chi connectivity index (χ0) is 23.5. The number of nitriles is 1. The van der Waals surface area contributed by atoms with Gasteiger partial charge in [0.1, 0.15) is 0 Å². The van der Waals surface area contributed by atoms with Gasteiger partial charge in [0.25, 0.3) is 0 Å². The van der Waals surface area contributed by atoms with Gasteiger partial charge in [0.2, 0.25) is 15.9 Å². The minimum atomic E-state index is -4.64. The lowest BCUT2D eigenvalue weighted by Crippen LogP contribution is -2.35. The van der Waals surface area contributed by atoms with Crippen LogP contribution in [0.1, 0.15) is 11.1 Å². The first-order chi connectivity index (χ1) is 15.0. The molecule has 0 saturated heterocycles. The predicted molar refractivity (Wildman–Crippen MR) is 108 cm³/mol. The Labute approximate surface area is 181 Å². The SMILES string of the molecule is CN(CC(=O)Nc1cc(C(F)(F)F)ccc1-n1cccn1)S(=O)(=O)c1ccc(C#N)cc1. The first-order valence-electron chi connectivity index (χ1n) is 9.00. The van der Waals surface area contributed by atoms with E-state index < -0.39 is 34.2 Å². The number of nitrogens with zero attached hydrogens (tertiary/aromatic N) is 4. The molecular weight excluding hydrogens is 447 g/mol. The minimum Gasteiger partial charge on any atom is -0.323 e. The van der Waals surface area contributed by atoms with Gasteiger partial charge in [-0.15, -0.1) is 0 Å². The highest BCUT2D eigenvalue weighted by atomic mass is 32.2. The predicted octanol–water partition coefficient (Wildman–Crippen LogP) is 3.02. The number of alkyl halides is 3. The van der Waals surface area contributed by atoms with Crippen LogP contribution in [0.2, 0.25) is 0 Å². The van der Waals surface area contributed by atoms with Crippen molar-refractivity contribution in [1.29, 1.82) is 5.26 Å². The summed E-state index contributed by atoms with van der Waals surface area (Å²) in [7, 11) is -2.91. The Morgan fingerprint density at radius 3 is 2.47 bits per heavy atom. The number of anilines is 1. The highest BCUT2D eigenvalue weighted by Gasteiger charge is 2.31. The minimum absolute atomic E-state index is 0.136. The Morgan fingerprint density at radius 1 is 1.22 bits per heavy atom. The highest BCUT2D eigenvalue weighted by molar-refractivity contribution is 7.89. The van der Waals surface area contributed by atoms with Crippen LogP contribution in [0.5, 0.6) is 0 Å². The van der Waals surface area contributed by atoms with Crippen LogP contribution < -0.4 is 5.32 Å². The maximum atomic E-state index is 13.1. The monoisotopic (exact) mass is 463 g/mol. The van der Waals surface area contributed by atoms with E-state index in [0.29, 0.717) is 0 Å². The first-order valence-corrected chi connectivity index (χ1v) is 10.4. The van der Waals surface area contributed by atoms with Gasteiger partial charge >= 0.3 is 6.18 Å². The highest BCUT2D eigenvalue weighted by Crippen LogP contribution is 2.33. The molecule has 3 rings (SSSR count). The quantitative estimate of drug-likeness (QED) is 0.605. The Bertz CT molecular complexity index is 1270. The number of sulfonamides is 1. The fraction of sp³-hybridized carbons (Fsp3) is 0.150. The molecule has 32 heavy (non-hydrogen) atoms. The number of carbonyl (C=O) groups excluding carboxylic acids is 1. The lowest BCUT2D eigenvalue weighted by atomic mass is 10.1. The molecule has 3 aromatic rings. The third-order valence-corrected chi connectivity index (χ3v) is 6.22. The summed E-state index contributed by atoms with van der Waals surface area (Å²) in [6, 6.07) is 11.3. The average Bonchev–Trinajstić information content (AvgIpc) is 3.27. The van der Waals surface area contributed by atoms with E-state index in [1.54, 1.807) is 6.07 Å². The zero-order valence-corrected chi connectivity index (χ0v) is 17.4. The molecule has 0 aliphatic carbocycles. The third kappa shape index (κ3) is 4.96. The number of rotatable bonds is 6. The van der Waals surface area contributed by atoms with E-state index in [9.17, 15) is 26.4 Å². The molecule has 1 amide bonds. The Balaban J connectivity index is 1.84. The van der Waals surface area contributed by atoms with Gasteiger partial charge in [0, 0.05) is 19.4 Å². The van der Waals surface area contributed by atoms with Crippen molar-refractivity contribution in [2.24, 2.45) is 0 Å². The number of carbonyl (C=O) groups is 1. The smallest absolute Gasteiger partial charge is 0.323 e. The second-order valence-electron chi connectivity index (χ2n) is 6.63. The van der Waals surface area contributed by atoms with Gasteiger partial charge in [-0.1, -0.05) is 0 Å². The standard InChI is InChI=1S/C20H16F3N5O3S/c1-27(32(30,31)16-6-3-14(12-24)4-7-16)13-19(29)26-17-11-15(20(21,22)23)5-8-18(17)28-10-2-9-25-28/h2-11H,13H2,1H3,(H,26,29). The summed E-state index contributed by atoms with van der Waals surface area (Å²) in [5.74, 6) is -0.850. The second-order valence-corrected chi connectivity index (χ2v) is 8.67. The fourth-order valence-corrected chi connectivity index (χ4v) is 3.91. The molecule has 1 heterocycles. The van der Waals surface area contributed by atoms with Crippen molar-refractivity contribution >= 4 is 21.6 Å². The largest absolute Gasteiger partial charge is 0.416 e. The molecular formula is C20H16F3N5O3S. The maximum Gasteiger partial charge on any atom is 0.416 e. The molecule has 0 saturated carbocycles. The summed E-state index contributed by atoms with van der Waals surface area (Å²) >= 11 is 0. The molecule has 0 aliphatic rings. The summed E-state index contributed by atoms with van der Waals surface area (Å²) < 4.78 is 66.8. The number of halogens is 3. The van der Waals surface area contributed by atoms with E-state index >= 15 is 0 Å². The number of nitrogens with one attached hydrogen (secondary N) is 1. The van der Waals surface area contributed by atoms with Crippen molar-refractivity contribution < 1.29 is 26.4 Å². The summed E-state index contributed by atoms with van der Waals surface area (Å²) in [6.07, 6.45) is -1.74. The van der Waals surface area contributed by atoms with Crippen molar-refractivity contribution in [1.82, 2.24) is 14.1 Å². The molecule has 1 aromatic heterocycles. The zero-order valence-electron chi connectivity index (χ0n) is 16.5. The number of hydrogen-bond acceptors (Lipinski definition) is 5. The molecule has 0 fully saturated rings. The van der Waals surface area contributed by atoms with E-state index in [0.717, 1.165) is 29.6 Å². The summed E-state index contributed by atoms with van der Waals surface area (Å²) in [5, 5.41) is 15.1. The maximum absolute atomic E-state index is 13.1. The molecule has 2 aromatic carbocycles. The Kier molecular flexibility index (Phi) is 6.33. The molecule has 166 valence electrons. The molecule has 0 bridgehead atoms. The molecule has 1 N–H and O–H groups in total. The van der Waals surface area contributed by atoms with Crippen LogP contribution in [-0.2, 0) is 21.0 Å². The van der Waals surface area contributed by atoms with Gasteiger partial charge in [-0.2, -0.15) is 27.8 Å². The lowest BCUT2D eigenvalue weighted by Gasteiger charge is -2.18. The number of likely N-dealkylation sites (N-methyl/N-ethyl adjacent to an activating group) is 1. The van der Waals surface area contributed by atoms with E-state index in [2.05, 4.69) is 10.4 Å². The topological polar surface area (TPSA) is 108 Å².